The van der Waals surface area contributed by atoms with Crippen molar-refractivity contribution in [2.75, 3.05) is 26.4 Å². The summed E-state index contributed by atoms with van der Waals surface area (Å²) >= 11 is 0. The molecule has 1 fully saturated rings. The minimum Gasteiger partial charge on any atom is -0.454 e. The van der Waals surface area contributed by atoms with Crippen LogP contribution in [0.5, 0.6) is 0 Å². The first-order chi connectivity index (χ1) is 14.1. The Morgan fingerprint density at radius 2 is 1.80 bits per heavy atom. The Hall–Kier alpha value is -1.47. The van der Waals surface area contributed by atoms with Gasteiger partial charge in [0, 0.05) is 19.0 Å². The van der Waals surface area contributed by atoms with Gasteiger partial charge in [0.05, 0.1) is 24.7 Å². The van der Waals surface area contributed by atoms with Crippen molar-refractivity contribution in [3.63, 3.8) is 0 Å². The van der Waals surface area contributed by atoms with Crippen molar-refractivity contribution in [3.05, 3.63) is 0 Å². The van der Waals surface area contributed by atoms with E-state index in [1.807, 2.05) is 18.7 Å². The van der Waals surface area contributed by atoms with Gasteiger partial charge in [-0.15, -0.1) is 0 Å². The molecule has 1 aliphatic heterocycles. The monoisotopic (exact) mass is 427 g/mol. The molecule has 1 heterocycles. The summed E-state index contributed by atoms with van der Waals surface area (Å²) in [4.78, 5) is 38.0. The van der Waals surface area contributed by atoms with E-state index in [9.17, 15) is 14.4 Å². The van der Waals surface area contributed by atoms with Gasteiger partial charge in [-0.3, -0.25) is 14.4 Å². The molecular weight excluding hydrogens is 386 g/mol. The van der Waals surface area contributed by atoms with Crippen LogP contribution in [0.15, 0.2) is 0 Å². The normalized spacial score (nSPS) is 17.6. The van der Waals surface area contributed by atoms with E-state index in [1.165, 1.54) is 0 Å². The lowest BCUT2D eigenvalue weighted by molar-refractivity contribution is -0.158. The third kappa shape index (κ3) is 9.56. The number of hydrogen-bond acceptors (Lipinski definition) is 6. The number of ether oxygens (including phenoxy) is 3. The highest BCUT2D eigenvalue weighted by Crippen LogP contribution is 2.25. The number of esters is 1. The number of rotatable bonds is 13. The van der Waals surface area contributed by atoms with Crippen LogP contribution >= 0.6 is 0 Å². The molecule has 0 aromatic heterocycles. The van der Waals surface area contributed by atoms with Crippen molar-refractivity contribution < 1.29 is 28.6 Å². The van der Waals surface area contributed by atoms with Crippen LogP contribution in [0.4, 0.5) is 0 Å². The summed E-state index contributed by atoms with van der Waals surface area (Å²) in [6.07, 6.45) is 4.66. The Morgan fingerprint density at radius 1 is 1.10 bits per heavy atom. The predicted molar refractivity (Wildman–Crippen MR) is 115 cm³/mol. The van der Waals surface area contributed by atoms with Crippen LogP contribution in [-0.4, -0.2) is 66.7 Å². The molecule has 0 aromatic carbocycles. The summed E-state index contributed by atoms with van der Waals surface area (Å²) < 4.78 is 16.5. The zero-order valence-corrected chi connectivity index (χ0v) is 19.7. The van der Waals surface area contributed by atoms with E-state index in [4.69, 9.17) is 14.2 Å². The van der Waals surface area contributed by atoms with Crippen molar-refractivity contribution in [1.29, 1.82) is 0 Å². The van der Waals surface area contributed by atoms with Crippen LogP contribution < -0.4 is 0 Å². The molecular formula is C23H41NO6. The maximum absolute atomic E-state index is 12.4. The zero-order valence-electron chi connectivity index (χ0n) is 19.7. The highest BCUT2D eigenvalue weighted by molar-refractivity contribution is 5.86. The topological polar surface area (TPSA) is 82.1 Å². The zero-order chi connectivity index (χ0) is 22.7. The summed E-state index contributed by atoms with van der Waals surface area (Å²) in [6, 6.07) is 0.171. The van der Waals surface area contributed by atoms with Gasteiger partial charge in [0.15, 0.2) is 11.9 Å². The van der Waals surface area contributed by atoms with Crippen LogP contribution in [-0.2, 0) is 28.6 Å². The molecule has 0 N–H and O–H groups in total. The fraction of sp³-hybridized carbons (Fsp3) is 0.870. The Kier molecular flexibility index (Phi) is 11.6. The lowest BCUT2D eigenvalue weighted by Crippen LogP contribution is -2.44. The number of amides is 1. The third-order valence-corrected chi connectivity index (χ3v) is 5.43. The molecule has 1 saturated heterocycles. The Labute approximate surface area is 181 Å². The molecule has 0 aliphatic carbocycles. The lowest BCUT2D eigenvalue weighted by atomic mass is 9.95. The number of carbonyl (C=O) groups is 3. The largest absolute Gasteiger partial charge is 0.454 e. The van der Waals surface area contributed by atoms with E-state index >= 15 is 0 Å². The van der Waals surface area contributed by atoms with Crippen molar-refractivity contribution in [3.8, 4) is 0 Å². The van der Waals surface area contributed by atoms with E-state index in [2.05, 4.69) is 6.92 Å². The second-order valence-corrected chi connectivity index (χ2v) is 9.02. The van der Waals surface area contributed by atoms with Crippen LogP contribution in [0.25, 0.3) is 0 Å². The van der Waals surface area contributed by atoms with Crippen LogP contribution in [0.3, 0.4) is 0 Å². The van der Waals surface area contributed by atoms with Gasteiger partial charge < -0.3 is 19.1 Å². The van der Waals surface area contributed by atoms with Gasteiger partial charge in [-0.2, -0.15) is 0 Å². The highest BCUT2D eigenvalue weighted by Gasteiger charge is 2.30. The van der Waals surface area contributed by atoms with E-state index in [1.54, 1.807) is 20.8 Å². The minimum atomic E-state index is -0.811. The van der Waals surface area contributed by atoms with Crippen molar-refractivity contribution >= 4 is 17.7 Å². The SMILES string of the molecule is CCC(CC(C)(C)OCCOCC(=O)C(C)OC(=O)C(C)C)N1CCCCCC1=O. The van der Waals surface area contributed by atoms with Crippen molar-refractivity contribution in [1.82, 2.24) is 4.90 Å². The number of hydrogen-bond donors (Lipinski definition) is 0. The van der Waals surface area contributed by atoms with E-state index in [0.717, 1.165) is 38.6 Å². The first kappa shape index (κ1) is 26.6. The predicted octanol–water partition coefficient (Wildman–Crippen LogP) is 3.53. The fourth-order valence-corrected chi connectivity index (χ4v) is 3.53. The molecule has 174 valence electrons. The molecule has 2 atom stereocenters. The average Bonchev–Trinajstić information content (AvgIpc) is 2.89. The van der Waals surface area contributed by atoms with E-state index in [0.29, 0.717) is 13.0 Å². The number of ketones is 1. The molecule has 7 heteroatoms. The molecule has 0 bridgehead atoms. The molecule has 0 aromatic rings. The number of likely N-dealkylation sites (tertiary alicyclic amines) is 1. The smallest absolute Gasteiger partial charge is 0.309 e. The summed E-state index contributed by atoms with van der Waals surface area (Å²) in [5.41, 5.74) is -0.402. The lowest BCUT2D eigenvalue weighted by Gasteiger charge is -2.36. The highest BCUT2D eigenvalue weighted by atomic mass is 16.6. The van der Waals surface area contributed by atoms with Crippen LogP contribution in [0, 0.1) is 5.92 Å². The third-order valence-electron chi connectivity index (χ3n) is 5.43. The molecule has 1 rings (SSSR count). The van der Waals surface area contributed by atoms with Crippen molar-refractivity contribution in [2.24, 2.45) is 5.92 Å². The molecule has 1 amide bonds. The molecule has 7 nitrogen and oxygen atoms in total. The minimum absolute atomic E-state index is 0.115. The molecule has 2 unspecified atom stereocenters. The van der Waals surface area contributed by atoms with E-state index < -0.39 is 17.7 Å². The Bertz CT molecular complexity index is 560. The fourth-order valence-electron chi connectivity index (χ4n) is 3.53. The second-order valence-electron chi connectivity index (χ2n) is 9.02. The summed E-state index contributed by atoms with van der Waals surface area (Å²) in [7, 11) is 0. The number of nitrogens with zero attached hydrogens (tertiary/aromatic N) is 1. The van der Waals surface area contributed by atoms with Gasteiger partial charge in [0.2, 0.25) is 5.91 Å². The summed E-state index contributed by atoms with van der Waals surface area (Å²) in [5, 5.41) is 0. The van der Waals surface area contributed by atoms with Crippen LogP contribution in [0.2, 0.25) is 0 Å². The molecule has 0 saturated carbocycles. The number of carbonyl (C=O) groups excluding carboxylic acids is 3. The van der Waals surface area contributed by atoms with Gasteiger partial charge in [-0.1, -0.05) is 27.2 Å². The first-order valence-corrected chi connectivity index (χ1v) is 11.3. The average molecular weight is 428 g/mol. The Balaban J connectivity index is 2.36. The van der Waals surface area contributed by atoms with Gasteiger partial charge in [0.1, 0.15) is 6.61 Å². The van der Waals surface area contributed by atoms with Crippen LogP contribution in [0.1, 0.15) is 80.1 Å². The molecule has 1 aliphatic rings. The maximum atomic E-state index is 12.4. The Morgan fingerprint density at radius 3 is 2.43 bits per heavy atom. The molecule has 0 radical (unpaired) electrons. The summed E-state index contributed by atoms with van der Waals surface area (Å²) in [6.45, 7) is 12.5. The standard InChI is InChI=1S/C23H41NO6/c1-7-19(24-12-10-8-9-11-21(24)26)15-23(5,6)29-14-13-28-16-20(25)18(4)30-22(27)17(2)3/h17-19H,7-16H2,1-6H3. The van der Waals surface area contributed by atoms with E-state index in [-0.39, 0.29) is 36.9 Å². The maximum Gasteiger partial charge on any atom is 0.309 e. The molecule has 0 spiro atoms. The molecule has 30 heavy (non-hydrogen) atoms. The number of Topliss-reactive ketones (excluding diaryl/α,β-unsaturated/α-hetero) is 1. The summed E-state index contributed by atoms with van der Waals surface area (Å²) in [5.74, 6) is -0.680. The van der Waals surface area contributed by atoms with Gasteiger partial charge in [0.25, 0.3) is 0 Å². The quantitative estimate of drug-likeness (QED) is 0.330. The second kappa shape index (κ2) is 13.1. The van der Waals surface area contributed by atoms with Gasteiger partial charge in [-0.05, 0) is 46.5 Å². The van der Waals surface area contributed by atoms with Crippen molar-refractivity contribution in [2.45, 2.75) is 97.8 Å². The first-order valence-electron chi connectivity index (χ1n) is 11.3. The van der Waals surface area contributed by atoms with Gasteiger partial charge in [-0.25, -0.2) is 0 Å². The van der Waals surface area contributed by atoms with Gasteiger partial charge >= 0.3 is 5.97 Å².